The molecule has 0 unspecified atom stereocenters. The van der Waals surface area contributed by atoms with E-state index in [9.17, 15) is 0 Å². The van der Waals surface area contributed by atoms with E-state index in [1.165, 1.54) is 25.9 Å². The Kier molecular flexibility index (Phi) is 4.94. The average Bonchev–Trinajstić information content (AvgIpc) is 2.41. The number of aromatic nitrogens is 1. The molecule has 0 aromatic carbocycles. The van der Waals surface area contributed by atoms with Crippen molar-refractivity contribution in [1.82, 2.24) is 9.88 Å². The van der Waals surface area contributed by atoms with E-state index in [4.69, 9.17) is 18.0 Å². The normalized spacial score (nSPS) is 17.1. The Labute approximate surface area is 127 Å². The number of piperidine rings is 1. The van der Waals surface area contributed by atoms with Crippen LogP contribution in [-0.2, 0) is 0 Å². The first kappa shape index (κ1) is 15.2. The van der Waals surface area contributed by atoms with Gasteiger partial charge in [0.2, 0.25) is 0 Å². The van der Waals surface area contributed by atoms with E-state index < -0.39 is 0 Å². The second-order valence-corrected chi connectivity index (χ2v) is 6.26. The molecule has 0 atom stereocenters. The lowest BCUT2D eigenvalue weighted by Crippen LogP contribution is -2.36. The minimum absolute atomic E-state index is 0.419. The van der Waals surface area contributed by atoms with Crippen LogP contribution in [0, 0.1) is 12.8 Å². The Bertz CT molecular complexity index is 481. The Morgan fingerprint density at radius 1 is 1.45 bits per heavy atom. The third-order valence-corrected chi connectivity index (χ3v) is 4.23. The second-order valence-electron chi connectivity index (χ2n) is 5.82. The van der Waals surface area contributed by atoms with Crippen molar-refractivity contribution in [3.63, 3.8) is 0 Å². The molecule has 0 aliphatic carbocycles. The molecule has 5 heteroatoms. The zero-order chi connectivity index (χ0) is 14.7. The van der Waals surface area contributed by atoms with Gasteiger partial charge in [0, 0.05) is 19.3 Å². The van der Waals surface area contributed by atoms with Gasteiger partial charge in [-0.25, -0.2) is 4.98 Å². The van der Waals surface area contributed by atoms with E-state index >= 15 is 0 Å². The number of likely N-dealkylation sites (tertiary alicyclic amines) is 1. The number of nitrogens with zero attached hydrogens (tertiary/aromatic N) is 3. The number of hydrogen-bond acceptors (Lipinski definition) is 4. The monoisotopic (exact) mass is 292 g/mol. The smallest absolute Gasteiger partial charge is 0.138 e. The van der Waals surface area contributed by atoms with Crippen LogP contribution in [0.25, 0.3) is 0 Å². The fourth-order valence-corrected chi connectivity index (χ4v) is 2.90. The van der Waals surface area contributed by atoms with E-state index in [0.29, 0.717) is 4.99 Å². The van der Waals surface area contributed by atoms with Crippen LogP contribution in [0.1, 0.15) is 24.1 Å². The maximum Gasteiger partial charge on any atom is 0.138 e. The van der Waals surface area contributed by atoms with Gasteiger partial charge in [0.05, 0.1) is 5.56 Å². The van der Waals surface area contributed by atoms with Crippen molar-refractivity contribution in [3.05, 3.63) is 23.4 Å². The summed E-state index contributed by atoms with van der Waals surface area (Å²) in [6, 6.07) is 3.94. The van der Waals surface area contributed by atoms with E-state index in [0.717, 1.165) is 29.5 Å². The van der Waals surface area contributed by atoms with Gasteiger partial charge < -0.3 is 15.5 Å². The summed E-state index contributed by atoms with van der Waals surface area (Å²) in [6.45, 7) is 5.37. The maximum absolute atomic E-state index is 5.81. The van der Waals surface area contributed by atoms with Gasteiger partial charge in [-0.1, -0.05) is 12.2 Å². The minimum atomic E-state index is 0.419. The molecule has 0 radical (unpaired) electrons. The molecule has 2 N–H and O–H groups in total. The predicted molar refractivity (Wildman–Crippen MR) is 88.4 cm³/mol. The van der Waals surface area contributed by atoms with Crippen LogP contribution < -0.4 is 10.6 Å². The molecule has 1 saturated heterocycles. The third-order valence-electron chi connectivity index (χ3n) is 4.01. The van der Waals surface area contributed by atoms with E-state index in [2.05, 4.69) is 28.9 Å². The first-order chi connectivity index (χ1) is 9.47. The van der Waals surface area contributed by atoms with Crippen molar-refractivity contribution in [2.45, 2.75) is 19.8 Å². The van der Waals surface area contributed by atoms with Gasteiger partial charge >= 0.3 is 0 Å². The molecule has 1 aliphatic rings. The molecule has 1 aromatic rings. The molecule has 1 fully saturated rings. The van der Waals surface area contributed by atoms with E-state index in [1.54, 1.807) is 0 Å². The fraction of sp³-hybridized carbons (Fsp3) is 0.600. The molecule has 0 spiro atoms. The summed E-state index contributed by atoms with van der Waals surface area (Å²) in [7, 11) is 4.27. The largest absolute Gasteiger partial charge is 0.389 e. The van der Waals surface area contributed by atoms with Gasteiger partial charge in [-0.15, -0.1) is 0 Å². The highest BCUT2D eigenvalue weighted by Crippen LogP contribution is 2.22. The zero-order valence-electron chi connectivity index (χ0n) is 12.6. The quantitative estimate of drug-likeness (QED) is 0.858. The topological polar surface area (TPSA) is 45.4 Å². The molecule has 2 rings (SSSR count). The van der Waals surface area contributed by atoms with Crippen LogP contribution in [0.2, 0.25) is 0 Å². The number of rotatable bonds is 4. The van der Waals surface area contributed by atoms with Crippen LogP contribution in [0.3, 0.4) is 0 Å². The first-order valence-corrected chi connectivity index (χ1v) is 7.55. The molecule has 2 heterocycles. The van der Waals surface area contributed by atoms with Gasteiger partial charge in [0.25, 0.3) is 0 Å². The van der Waals surface area contributed by atoms with Gasteiger partial charge in [0.1, 0.15) is 10.8 Å². The maximum atomic E-state index is 5.81. The summed E-state index contributed by atoms with van der Waals surface area (Å²) >= 11 is 5.14. The Morgan fingerprint density at radius 3 is 2.70 bits per heavy atom. The zero-order valence-corrected chi connectivity index (χ0v) is 13.4. The first-order valence-electron chi connectivity index (χ1n) is 7.14. The van der Waals surface area contributed by atoms with Crippen molar-refractivity contribution >= 4 is 23.0 Å². The third kappa shape index (κ3) is 3.67. The van der Waals surface area contributed by atoms with Gasteiger partial charge in [0.15, 0.2) is 0 Å². The molecule has 0 bridgehead atoms. The summed E-state index contributed by atoms with van der Waals surface area (Å²) < 4.78 is 0. The molecule has 0 amide bonds. The summed E-state index contributed by atoms with van der Waals surface area (Å²) in [5.41, 5.74) is 7.68. The van der Waals surface area contributed by atoms with Gasteiger partial charge in [-0.3, -0.25) is 0 Å². The highest BCUT2D eigenvalue weighted by molar-refractivity contribution is 7.80. The van der Waals surface area contributed by atoms with Crippen LogP contribution in [0.5, 0.6) is 0 Å². The minimum Gasteiger partial charge on any atom is -0.389 e. The standard InChI is InChI=1S/C15H24N4S/c1-11-4-5-13(14(16)20)15(17-11)19(3)10-12-6-8-18(2)9-7-12/h4-5,12H,6-10H2,1-3H3,(H2,16,20). The summed E-state index contributed by atoms with van der Waals surface area (Å²) in [5.74, 6) is 1.63. The molecule has 4 nitrogen and oxygen atoms in total. The highest BCUT2D eigenvalue weighted by Gasteiger charge is 2.20. The number of pyridine rings is 1. The predicted octanol–water partition coefficient (Wildman–Crippen LogP) is 1.80. The van der Waals surface area contributed by atoms with E-state index in [1.807, 2.05) is 19.1 Å². The lowest BCUT2D eigenvalue weighted by molar-refractivity contribution is 0.222. The van der Waals surface area contributed by atoms with Crippen molar-refractivity contribution in [3.8, 4) is 0 Å². The Hall–Kier alpha value is -1.20. The number of anilines is 1. The summed E-state index contributed by atoms with van der Waals surface area (Å²) in [5, 5.41) is 0. The molecule has 1 aliphatic heterocycles. The lowest BCUT2D eigenvalue weighted by atomic mass is 9.96. The number of hydrogen-bond donors (Lipinski definition) is 1. The molecular weight excluding hydrogens is 268 g/mol. The van der Waals surface area contributed by atoms with Crippen LogP contribution in [-0.4, -0.2) is 48.6 Å². The molecular formula is C15H24N4S. The SMILES string of the molecule is Cc1ccc(C(N)=S)c(N(C)CC2CCN(C)CC2)n1. The van der Waals surface area contributed by atoms with Gasteiger partial charge in [-0.05, 0) is 58.0 Å². The van der Waals surface area contributed by atoms with Crippen molar-refractivity contribution in [2.75, 3.05) is 38.6 Å². The molecule has 110 valence electrons. The lowest BCUT2D eigenvalue weighted by Gasteiger charge is -2.32. The van der Waals surface area contributed by atoms with Crippen molar-refractivity contribution in [1.29, 1.82) is 0 Å². The number of nitrogens with two attached hydrogens (primary N) is 1. The number of aryl methyl sites for hydroxylation is 1. The molecule has 0 saturated carbocycles. The van der Waals surface area contributed by atoms with Crippen molar-refractivity contribution in [2.24, 2.45) is 11.7 Å². The van der Waals surface area contributed by atoms with Crippen LogP contribution in [0.15, 0.2) is 12.1 Å². The second kappa shape index (κ2) is 6.50. The Morgan fingerprint density at radius 2 is 2.10 bits per heavy atom. The fourth-order valence-electron chi connectivity index (χ4n) is 2.74. The average molecular weight is 292 g/mol. The van der Waals surface area contributed by atoms with Crippen molar-refractivity contribution < 1.29 is 0 Å². The van der Waals surface area contributed by atoms with Gasteiger partial charge in [-0.2, -0.15) is 0 Å². The molecule has 20 heavy (non-hydrogen) atoms. The Balaban J connectivity index is 2.10. The highest BCUT2D eigenvalue weighted by atomic mass is 32.1. The van der Waals surface area contributed by atoms with Crippen LogP contribution >= 0.6 is 12.2 Å². The van der Waals surface area contributed by atoms with Crippen LogP contribution in [0.4, 0.5) is 5.82 Å². The molecule has 1 aromatic heterocycles. The summed E-state index contributed by atoms with van der Waals surface area (Å²) in [6.07, 6.45) is 2.49. The van der Waals surface area contributed by atoms with E-state index in [-0.39, 0.29) is 0 Å². The number of thiocarbonyl (C=S) groups is 1. The summed E-state index contributed by atoms with van der Waals surface area (Å²) in [4.78, 5) is 9.64.